The first kappa shape index (κ1) is 15.4. The Balaban J connectivity index is 2.00. The molecule has 1 aromatic heterocycles. The molecule has 5 nitrogen and oxygen atoms in total. The quantitative estimate of drug-likeness (QED) is 0.866. The molecule has 2 unspecified atom stereocenters. The number of carbonyl (C=O) groups excluding carboxylic acids is 1. The summed E-state index contributed by atoms with van der Waals surface area (Å²) in [6.45, 7) is 4.26. The summed E-state index contributed by atoms with van der Waals surface area (Å²) in [4.78, 5) is 11.8. The third-order valence-corrected chi connectivity index (χ3v) is 5.14. The molecule has 0 aromatic carbocycles. The second kappa shape index (κ2) is 5.77. The number of halogens is 1. The highest BCUT2D eigenvalue weighted by Crippen LogP contribution is 2.29. The standard InChI is InChI=1S/C13H18ClNO4S/c1-8-3-4-10(5-8)7-15-13(16)11-6-12(9(2)19-11)20(14,17)18/h6,8,10H,3-5,7H2,1-2H3,(H,15,16). The third-order valence-electron chi connectivity index (χ3n) is 3.71. The predicted octanol–water partition coefficient (Wildman–Crippen LogP) is 2.68. The van der Waals surface area contributed by atoms with Crippen molar-refractivity contribution in [3.63, 3.8) is 0 Å². The molecule has 112 valence electrons. The van der Waals surface area contributed by atoms with Crippen LogP contribution in [0.4, 0.5) is 0 Å². The smallest absolute Gasteiger partial charge is 0.287 e. The van der Waals surface area contributed by atoms with E-state index in [0.29, 0.717) is 18.4 Å². The summed E-state index contributed by atoms with van der Waals surface area (Å²) in [5.74, 6) is 0.892. The average molecular weight is 320 g/mol. The maximum atomic E-state index is 11.9. The fourth-order valence-corrected chi connectivity index (χ4v) is 3.75. The molecule has 1 N–H and O–H groups in total. The number of rotatable bonds is 4. The Hall–Kier alpha value is -1.01. The van der Waals surface area contributed by atoms with Gasteiger partial charge in [-0.25, -0.2) is 8.42 Å². The first-order valence-corrected chi connectivity index (χ1v) is 8.91. The number of hydrogen-bond donors (Lipinski definition) is 1. The van der Waals surface area contributed by atoms with Crippen molar-refractivity contribution < 1.29 is 17.6 Å². The zero-order chi connectivity index (χ0) is 14.9. The van der Waals surface area contributed by atoms with Gasteiger partial charge in [0.15, 0.2) is 5.76 Å². The van der Waals surface area contributed by atoms with E-state index < -0.39 is 15.0 Å². The van der Waals surface area contributed by atoms with Gasteiger partial charge in [0.1, 0.15) is 10.7 Å². The van der Waals surface area contributed by atoms with Crippen molar-refractivity contribution >= 4 is 25.6 Å². The van der Waals surface area contributed by atoms with E-state index in [1.807, 2.05) is 0 Å². The molecule has 1 aliphatic carbocycles. The van der Waals surface area contributed by atoms with E-state index in [1.54, 1.807) is 0 Å². The Morgan fingerprint density at radius 2 is 2.20 bits per heavy atom. The van der Waals surface area contributed by atoms with Crippen molar-refractivity contribution in [2.75, 3.05) is 6.54 Å². The molecule has 0 bridgehead atoms. The molecule has 1 heterocycles. The second-order valence-corrected chi connectivity index (χ2v) is 8.00. The highest BCUT2D eigenvalue weighted by atomic mass is 35.7. The van der Waals surface area contributed by atoms with Gasteiger partial charge in [-0.3, -0.25) is 4.79 Å². The van der Waals surface area contributed by atoms with Crippen LogP contribution in [0.1, 0.15) is 42.5 Å². The van der Waals surface area contributed by atoms with Crippen LogP contribution in [0.2, 0.25) is 0 Å². The summed E-state index contributed by atoms with van der Waals surface area (Å²) in [5.41, 5.74) is 0. The molecule has 20 heavy (non-hydrogen) atoms. The molecule has 1 aromatic rings. The van der Waals surface area contributed by atoms with Gasteiger partial charge in [0, 0.05) is 23.3 Å². The molecule has 1 amide bonds. The van der Waals surface area contributed by atoms with Crippen LogP contribution in [0.25, 0.3) is 0 Å². The first-order valence-electron chi connectivity index (χ1n) is 6.60. The first-order chi connectivity index (χ1) is 9.27. The lowest BCUT2D eigenvalue weighted by Crippen LogP contribution is -2.28. The number of carbonyl (C=O) groups is 1. The van der Waals surface area contributed by atoms with Crippen LogP contribution in [0, 0.1) is 18.8 Å². The number of hydrogen-bond acceptors (Lipinski definition) is 4. The van der Waals surface area contributed by atoms with Gasteiger partial charge in [-0.2, -0.15) is 0 Å². The van der Waals surface area contributed by atoms with Gasteiger partial charge >= 0.3 is 0 Å². The maximum absolute atomic E-state index is 11.9. The van der Waals surface area contributed by atoms with Gasteiger partial charge in [0.05, 0.1) is 0 Å². The van der Waals surface area contributed by atoms with Gasteiger partial charge in [-0.1, -0.05) is 13.3 Å². The Kier molecular flexibility index (Phi) is 4.44. The van der Waals surface area contributed by atoms with Gasteiger partial charge < -0.3 is 9.73 Å². The van der Waals surface area contributed by atoms with Crippen LogP contribution in [0.3, 0.4) is 0 Å². The van der Waals surface area contributed by atoms with Gasteiger partial charge in [0.2, 0.25) is 0 Å². The van der Waals surface area contributed by atoms with Crippen molar-refractivity contribution in [1.82, 2.24) is 5.32 Å². The van der Waals surface area contributed by atoms with Crippen molar-refractivity contribution in [1.29, 1.82) is 0 Å². The van der Waals surface area contributed by atoms with Crippen molar-refractivity contribution in [2.45, 2.75) is 38.0 Å². The van der Waals surface area contributed by atoms with Crippen LogP contribution in [0.5, 0.6) is 0 Å². The summed E-state index contributed by atoms with van der Waals surface area (Å²) >= 11 is 0. The van der Waals surface area contributed by atoms with Crippen LogP contribution in [0.15, 0.2) is 15.4 Å². The van der Waals surface area contributed by atoms with E-state index in [1.165, 1.54) is 19.4 Å². The van der Waals surface area contributed by atoms with Crippen LogP contribution < -0.4 is 5.32 Å². The van der Waals surface area contributed by atoms with Crippen LogP contribution in [-0.2, 0) is 9.05 Å². The summed E-state index contributed by atoms with van der Waals surface area (Å²) in [5, 5.41) is 2.78. The van der Waals surface area contributed by atoms with Gasteiger partial charge in [-0.05, 0) is 31.6 Å². The van der Waals surface area contributed by atoms with Crippen LogP contribution >= 0.6 is 10.7 Å². The van der Waals surface area contributed by atoms with Crippen molar-refractivity contribution in [2.24, 2.45) is 11.8 Å². The zero-order valence-electron chi connectivity index (χ0n) is 11.5. The molecule has 1 fully saturated rings. The van der Waals surface area contributed by atoms with E-state index in [0.717, 1.165) is 12.8 Å². The lowest BCUT2D eigenvalue weighted by molar-refractivity contribution is 0.0918. The topological polar surface area (TPSA) is 76.4 Å². The fourth-order valence-electron chi connectivity index (χ4n) is 2.65. The Bertz CT molecular complexity index is 608. The molecule has 0 radical (unpaired) electrons. The Labute approximate surface area is 123 Å². The van der Waals surface area contributed by atoms with E-state index in [4.69, 9.17) is 15.1 Å². The fraction of sp³-hybridized carbons (Fsp3) is 0.615. The number of furan rings is 1. The van der Waals surface area contributed by atoms with Crippen LogP contribution in [-0.4, -0.2) is 20.9 Å². The molecular weight excluding hydrogens is 302 g/mol. The molecule has 1 aliphatic rings. The highest BCUT2D eigenvalue weighted by Gasteiger charge is 2.24. The van der Waals surface area contributed by atoms with E-state index in [9.17, 15) is 13.2 Å². The van der Waals surface area contributed by atoms with Crippen molar-refractivity contribution in [3.8, 4) is 0 Å². The molecule has 0 aliphatic heterocycles. The average Bonchev–Trinajstić information content (AvgIpc) is 2.91. The molecule has 0 spiro atoms. The van der Waals surface area contributed by atoms with Gasteiger partial charge in [0.25, 0.3) is 15.0 Å². The normalized spacial score (nSPS) is 22.9. The number of aryl methyl sites for hydroxylation is 1. The minimum absolute atomic E-state index is 0.0206. The number of amides is 1. The minimum Gasteiger partial charge on any atom is -0.455 e. The lowest BCUT2D eigenvalue weighted by Gasteiger charge is -2.09. The van der Waals surface area contributed by atoms with Crippen molar-refractivity contribution in [3.05, 3.63) is 17.6 Å². The SMILES string of the molecule is Cc1oc(C(=O)NCC2CCC(C)C2)cc1S(=O)(=O)Cl. The number of nitrogens with one attached hydrogen (secondary N) is 1. The monoisotopic (exact) mass is 319 g/mol. The summed E-state index contributed by atoms with van der Waals surface area (Å²) in [6, 6.07) is 1.17. The molecular formula is C13H18ClNO4S. The Morgan fingerprint density at radius 3 is 2.70 bits per heavy atom. The predicted molar refractivity (Wildman–Crippen MR) is 75.3 cm³/mol. The zero-order valence-corrected chi connectivity index (χ0v) is 13.1. The largest absolute Gasteiger partial charge is 0.455 e. The molecule has 2 atom stereocenters. The summed E-state index contributed by atoms with van der Waals surface area (Å²) in [6.07, 6.45) is 3.41. The summed E-state index contributed by atoms with van der Waals surface area (Å²) < 4.78 is 27.7. The third kappa shape index (κ3) is 3.55. The molecule has 0 saturated heterocycles. The van der Waals surface area contributed by atoms with E-state index in [2.05, 4.69) is 12.2 Å². The van der Waals surface area contributed by atoms with Gasteiger partial charge in [-0.15, -0.1) is 0 Å². The molecule has 1 saturated carbocycles. The van der Waals surface area contributed by atoms with E-state index >= 15 is 0 Å². The second-order valence-electron chi connectivity index (χ2n) is 5.46. The molecule has 7 heteroatoms. The highest BCUT2D eigenvalue weighted by molar-refractivity contribution is 8.13. The molecule has 2 rings (SSSR count). The maximum Gasteiger partial charge on any atom is 0.287 e. The minimum atomic E-state index is -3.89. The van der Waals surface area contributed by atoms with E-state index in [-0.39, 0.29) is 16.4 Å². The lowest BCUT2D eigenvalue weighted by atomic mass is 10.1. The summed E-state index contributed by atoms with van der Waals surface area (Å²) in [7, 11) is 1.37. The Morgan fingerprint density at radius 1 is 1.50 bits per heavy atom.